The number of methoxy groups -OCH3 is 1. The number of likely N-dealkylation sites (N-methyl/N-ethyl adjacent to an activating group) is 1. The van der Waals surface area contributed by atoms with E-state index in [-0.39, 0.29) is 11.8 Å². The summed E-state index contributed by atoms with van der Waals surface area (Å²) in [6.45, 7) is 0.785. The van der Waals surface area contributed by atoms with Crippen LogP contribution >= 0.6 is 11.3 Å². The van der Waals surface area contributed by atoms with E-state index in [4.69, 9.17) is 4.74 Å². The van der Waals surface area contributed by atoms with E-state index in [0.29, 0.717) is 5.75 Å². The summed E-state index contributed by atoms with van der Waals surface area (Å²) in [5, 5.41) is 11.8. The molecular formula is C18H21N3O2S. The van der Waals surface area contributed by atoms with Crippen LogP contribution in [0.5, 0.6) is 11.5 Å². The average Bonchev–Trinajstić information content (AvgIpc) is 3.23. The Balaban J connectivity index is 1.96. The summed E-state index contributed by atoms with van der Waals surface area (Å²) in [6.07, 6.45) is 3.77. The Kier molecular flexibility index (Phi) is 4.87. The molecule has 126 valence electrons. The second-order valence-electron chi connectivity index (χ2n) is 5.78. The van der Waals surface area contributed by atoms with Gasteiger partial charge in [-0.1, -0.05) is 6.07 Å². The highest BCUT2D eigenvalue weighted by molar-refractivity contribution is 7.10. The molecule has 0 unspecified atom stereocenters. The van der Waals surface area contributed by atoms with Gasteiger partial charge in [0, 0.05) is 29.9 Å². The number of phenolic OH excluding ortho intramolecular Hbond substituents is 1. The molecule has 6 heteroatoms. The number of aromatic nitrogens is 2. The Morgan fingerprint density at radius 2 is 2.17 bits per heavy atom. The van der Waals surface area contributed by atoms with Crippen LogP contribution in [0.25, 0.3) is 11.4 Å². The lowest BCUT2D eigenvalue weighted by atomic mass is 10.1. The minimum Gasteiger partial charge on any atom is -0.508 e. The maximum absolute atomic E-state index is 9.67. The zero-order valence-electron chi connectivity index (χ0n) is 14.0. The van der Waals surface area contributed by atoms with Gasteiger partial charge in [-0.3, -0.25) is 0 Å². The van der Waals surface area contributed by atoms with Crippen LogP contribution < -0.4 is 4.74 Å². The van der Waals surface area contributed by atoms with E-state index in [9.17, 15) is 5.11 Å². The zero-order chi connectivity index (χ0) is 17.1. The molecule has 2 heterocycles. The van der Waals surface area contributed by atoms with Gasteiger partial charge in [0.05, 0.1) is 18.7 Å². The molecule has 1 N–H and O–H groups in total. The number of hydrogen-bond acceptors (Lipinski definition) is 5. The third-order valence-corrected chi connectivity index (χ3v) is 4.98. The van der Waals surface area contributed by atoms with Crippen molar-refractivity contribution >= 4 is 11.3 Å². The first-order valence-corrected chi connectivity index (χ1v) is 8.56. The molecule has 0 amide bonds. The number of rotatable bonds is 6. The van der Waals surface area contributed by atoms with Crippen molar-refractivity contribution < 1.29 is 9.84 Å². The molecule has 0 saturated heterocycles. The Hall–Kier alpha value is -2.31. The van der Waals surface area contributed by atoms with Gasteiger partial charge in [-0.05, 0) is 37.7 Å². The molecule has 1 atom stereocenters. The lowest BCUT2D eigenvalue weighted by molar-refractivity contribution is 0.273. The summed E-state index contributed by atoms with van der Waals surface area (Å²) in [5.74, 6) is 1.62. The number of benzene rings is 1. The SMILES string of the molecule is COc1cc(O)ccc1-c1nccn1C[C@@H](c1cccs1)N(C)C. The van der Waals surface area contributed by atoms with E-state index in [1.54, 1.807) is 36.8 Å². The number of ether oxygens (including phenoxy) is 1. The van der Waals surface area contributed by atoms with Crippen LogP contribution in [0.1, 0.15) is 10.9 Å². The molecule has 0 spiro atoms. The van der Waals surface area contributed by atoms with Crippen LogP contribution in [0.4, 0.5) is 0 Å². The molecule has 2 aromatic heterocycles. The molecule has 0 bridgehead atoms. The molecule has 0 aliphatic heterocycles. The maximum Gasteiger partial charge on any atom is 0.143 e. The molecule has 0 aliphatic carbocycles. The van der Waals surface area contributed by atoms with Crippen LogP contribution in [0, 0.1) is 0 Å². The largest absolute Gasteiger partial charge is 0.508 e. The van der Waals surface area contributed by atoms with Crippen molar-refractivity contribution in [2.75, 3.05) is 21.2 Å². The van der Waals surface area contributed by atoms with Crippen LogP contribution in [-0.2, 0) is 6.54 Å². The Morgan fingerprint density at radius 3 is 2.83 bits per heavy atom. The minimum absolute atomic E-state index is 0.179. The van der Waals surface area contributed by atoms with Gasteiger partial charge in [0.1, 0.15) is 17.3 Å². The van der Waals surface area contributed by atoms with E-state index in [1.165, 1.54) is 4.88 Å². The highest BCUT2D eigenvalue weighted by atomic mass is 32.1. The van der Waals surface area contributed by atoms with Gasteiger partial charge >= 0.3 is 0 Å². The van der Waals surface area contributed by atoms with E-state index >= 15 is 0 Å². The fourth-order valence-corrected chi connectivity index (χ4v) is 3.65. The highest BCUT2D eigenvalue weighted by Gasteiger charge is 2.19. The van der Waals surface area contributed by atoms with E-state index in [1.807, 2.05) is 12.3 Å². The number of phenols is 1. The first kappa shape index (κ1) is 16.5. The normalized spacial score (nSPS) is 12.5. The molecule has 5 nitrogen and oxygen atoms in total. The van der Waals surface area contributed by atoms with E-state index in [0.717, 1.165) is 17.9 Å². The van der Waals surface area contributed by atoms with Crippen molar-refractivity contribution in [3.05, 3.63) is 53.0 Å². The average molecular weight is 343 g/mol. The molecule has 3 rings (SSSR count). The van der Waals surface area contributed by atoms with Crippen molar-refractivity contribution in [3.8, 4) is 22.9 Å². The van der Waals surface area contributed by atoms with Gasteiger partial charge in [-0.2, -0.15) is 0 Å². The van der Waals surface area contributed by atoms with Crippen LogP contribution in [0.3, 0.4) is 0 Å². The van der Waals surface area contributed by atoms with Crippen molar-refractivity contribution in [2.45, 2.75) is 12.6 Å². The quantitative estimate of drug-likeness (QED) is 0.742. The predicted octanol–water partition coefficient (Wildman–Crippen LogP) is 3.63. The fourth-order valence-electron chi connectivity index (χ4n) is 2.74. The Bertz CT molecular complexity index is 796. The van der Waals surface area contributed by atoms with Gasteiger partial charge in [0.15, 0.2) is 0 Å². The highest BCUT2D eigenvalue weighted by Crippen LogP contribution is 2.33. The standard InChI is InChI=1S/C18H21N3O2S/c1-20(2)15(17-5-4-10-24-17)12-21-9-8-19-18(21)14-7-6-13(22)11-16(14)23-3/h4-11,15,22H,12H2,1-3H3/t15-/m0/s1. The summed E-state index contributed by atoms with van der Waals surface area (Å²) < 4.78 is 7.53. The van der Waals surface area contributed by atoms with Crippen molar-refractivity contribution in [2.24, 2.45) is 0 Å². The van der Waals surface area contributed by atoms with Crippen LogP contribution in [-0.4, -0.2) is 40.8 Å². The lowest BCUT2D eigenvalue weighted by Gasteiger charge is -2.24. The lowest BCUT2D eigenvalue weighted by Crippen LogP contribution is -2.24. The third-order valence-electron chi connectivity index (χ3n) is 4.01. The minimum atomic E-state index is 0.179. The molecule has 0 saturated carbocycles. The Labute approximate surface area is 145 Å². The zero-order valence-corrected chi connectivity index (χ0v) is 14.8. The summed E-state index contributed by atoms with van der Waals surface area (Å²) >= 11 is 1.76. The van der Waals surface area contributed by atoms with Crippen molar-refractivity contribution in [3.63, 3.8) is 0 Å². The summed E-state index contributed by atoms with van der Waals surface area (Å²) in [4.78, 5) is 8.03. The number of hydrogen-bond donors (Lipinski definition) is 1. The number of aromatic hydroxyl groups is 1. The second-order valence-corrected chi connectivity index (χ2v) is 6.76. The van der Waals surface area contributed by atoms with E-state index in [2.05, 4.69) is 46.1 Å². The van der Waals surface area contributed by atoms with Crippen LogP contribution in [0.15, 0.2) is 48.1 Å². The molecule has 24 heavy (non-hydrogen) atoms. The fraction of sp³-hybridized carbons (Fsp3) is 0.278. The molecule has 0 radical (unpaired) electrons. The monoisotopic (exact) mass is 343 g/mol. The van der Waals surface area contributed by atoms with Gasteiger partial charge < -0.3 is 19.3 Å². The van der Waals surface area contributed by atoms with Crippen molar-refractivity contribution in [1.29, 1.82) is 0 Å². The van der Waals surface area contributed by atoms with Gasteiger partial charge in [0.25, 0.3) is 0 Å². The smallest absolute Gasteiger partial charge is 0.143 e. The maximum atomic E-state index is 9.67. The Morgan fingerprint density at radius 1 is 1.33 bits per heavy atom. The van der Waals surface area contributed by atoms with Gasteiger partial charge in [-0.15, -0.1) is 11.3 Å². The third kappa shape index (κ3) is 3.29. The molecule has 0 aliphatic rings. The summed E-state index contributed by atoms with van der Waals surface area (Å²) in [5.41, 5.74) is 0.865. The van der Waals surface area contributed by atoms with Crippen LogP contribution in [0.2, 0.25) is 0 Å². The second kappa shape index (κ2) is 7.07. The number of thiophene rings is 1. The first-order chi connectivity index (χ1) is 11.6. The summed E-state index contributed by atoms with van der Waals surface area (Å²) in [7, 11) is 5.77. The number of nitrogens with zero attached hydrogens (tertiary/aromatic N) is 3. The first-order valence-electron chi connectivity index (χ1n) is 7.68. The van der Waals surface area contributed by atoms with E-state index < -0.39 is 0 Å². The number of imidazole rings is 1. The summed E-state index contributed by atoms with van der Waals surface area (Å²) in [6, 6.07) is 9.60. The van der Waals surface area contributed by atoms with Gasteiger partial charge in [0.2, 0.25) is 0 Å². The predicted molar refractivity (Wildman–Crippen MR) is 96.6 cm³/mol. The molecular weight excluding hydrogens is 322 g/mol. The molecule has 3 aromatic rings. The molecule has 1 aromatic carbocycles. The molecule has 0 fully saturated rings. The van der Waals surface area contributed by atoms with Crippen molar-refractivity contribution in [1.82, 2.24) is 14.5 Å². The topological polar surface area (TPSA) is 50.5 Å². The van der Waals surface area contributed by atoms with Gasteiger partial charge in [-0.25, -0.2) is 4.98 Å².